The van der Waals surface area contributed by atoms with Crippen LogP contribution in [-0.4, -0.2) is 14.1 Å². The quantitative estimate of drug-likeness (QED) is 0.705. The van der Waals surface area contributed by atoms with Crippen LogP contribution in [0.1, 0.15) is 12.7 Å². The molecule has 0 N–H and O–H groups in total. The molecule has 92 valence electrons. The van der Waals surface area contributed by atoms with Crippen molar-refractivity contribution in [3.8, 4) is 0 Å². The minimum absolute atomic E-state index is 0.773. The molecular weight excluding hydrogens is 246 g/mol. The first-order valence-corrected chi connectivity index (χ1v) is 6.40. The summed E-state index contributed by atoms with van der Waals surface area (Å²) < 4.78 is 4.35. The Balaban J connectivity index is 2.00. The summed E-state index contributed by atoms with van der Waals surface area (Å²) in [6, 6.07) is 8.05. The van der Waals surface area contributed by atoms with Crippen molar-refractivity contribution in [2.24, 2.45) is 0 Å². The summed E-state index contributed by atoms with van der Waals surface area (Å²) in [7, 11) is 0. The van der Waals surface area contributed by atoms with Crippen LogP contribution in [0.2, 0.25) is 5.02 Å². The zero-order valence-corrected chi connectivity index (χ0v) is 10.9. The van der Waals surface area contributed by atoms with E-state index >= 15 is 0 Å². The van der Waals surface area contributed by atoms with Gasteiger partial charge in [-0.15, -0.1) is 0 Å². The zero-order chi connectivity index (χ0) is 12.5. The summed E-state index contributed by atoms with van der Waals surface area (Å²) in [5.74, 6) is 1.07. The highest BCUT2D eigenvalue weighted by Crippen LogP contribution is 2.21. The molecule has 0 saturated carbocycles. The maximum atomic E-state index is 5.99. The molecule has 3 rings (SSSR count). The molecule has 1 aromatic carbocycles. The van der Waals surface area contributed by atoms with Crippen LogP contribution in [0.4, 0.5) is 0 Å². The number of nitrogens with zero attached hydrogens (tertiary/aromatic N) is 3. The van der Waals surface area contributed by atoms with E-state index in [1.807, 2.05) is 24.5 Å². The van der Waals surface area contributed by atoms with E-state index in [4.69, 9.17) is 11.6 Å². The highest BCUT2D eigenvalue weighted by atomic mass is 35.5. The number of fused-ring (bicyclic) bond motifs is 1. The molecule has 0 aliphatic carbocycles. The van der Waals surface area contributed by atoms with Gasteiger partial charge in [0, 0.05) is 41.1 Å². The van der Waals surface area contributed by atoms with Crippen molar-refractivity contribution in [1.29, 1.82) is 0 Å². The molecule has 0 fully saturated rings. The van der Waals surface area contributed by atoms with Crippen molar-refractivity contribution in [2.45, 2.75) is 20.0 Å². The predicted octanol–water partition coefficient (Wildman–Crippen LogP) is 3.56. The smallest absolute Gasteiger partial charge is 0.128 e. The van der Waals surface area contributed by atoms with Gasteiger partial charge < -0.3 is 9.13 Å². The van der Waals surface area contributed by atoms with Crippen molar-refractivity contribution in [3.05, 3.63) is 53.7 Å². The van der Waals surface area contributed by atoms with E-state index in [1.165, 1.54) is 5.52 Å². The molecule has 0 amide bonds. The number of benzene rings is 1. The number of rotatable bonds is 3. The molecular formula is C14H14ClN3. The standard InChI is InChI=1S/C14H14ClN3/c1-2-17-8-6-16-14(17)10-18-7-5-11-9-12(15)3-4-13(11)18/h3-9H,2,10H2,1H3. The summed E-state index contributed by atoms with van der Waals surface area (Å²) in [4.78, 5) is 4.40. The fraction of sp³-hybridized carbons (Fsp3) is 0.214. The summed E-state index contributed by atoms with van der Waals surface area (Å²) >= 11 is 5.99. The molecule has 3 nitrogen and oxygen atoms in total. The SMILES string of the molecule is CCn1ccnc1Cn1ccc2cc(Cl)ccc21. The van der Waals surface area contributed by atoms with Gasteiger partial charge in [0.25, 0.3) is 0 Å². The Hall–Kier alpha value is -1.74. The first-order valence-electron chi connectivity index (χ1n) is 6.02. The van der Waals surface area contributed by atoms with E-state index in [1.54, 1.807) is 0 Å². The number of aryl methyl sites for hydroxylation is 1. The number of aromatic nitrogens is 3. The maximum Gasteiger partial charge on any atom is 0.128 e. The summed E-state index contributed by atoms with van der Waals surface area (Å²) in [6.07, 6.45) is 5.94. The van der Waals surface area contributed by atoms with Crippen LogP contribution < -0.4 is 0 Å². The first-order chi connectivity index (χ1) is 8.78. The third-order valence-electron chi connectivity index (χ3n) is 3.19. The molecule has 2 aromatic heterocycles. The Morgan fingerprint density at radius 3 is 2.89 bits per heavy atom. The molecule has 3 aromatic rings. The molecule has 0 atom stereocenters. The highest BCUT2D eigenvalue weighted by Gasteiger charge is 2.05. The van der Waals surface area contributed by atoms with Gasteiger partial charge in [-0.2, -0.15) is 0 Å². The van der Waals surface area contributed by atoms with Crippen LogP contribution in [0.3, 0.4) is 0 Å². The average molecular weight is 260 g/mol. The van der Waals surface area contributed by atoms with Crippen LogP contribution in [0.15, 0.2) is 42.9 Å². The van der Waals surface area contributed by atoms with Gasteiger partial charge in [-0.3, -0.25) is 0 Å². The van der Waals surface area contributed by atoms with Crippen molar-refractivity contribution < 1.29 is 0 Å². The van der Waals surface area contributed by atoms with Gasteiger partial charge >= 0.3 is 0 Å². The Morgan fingerprint density at radius 1 is 1.17 bits per heavy atom. The van der Waals surface area contributed by atoms with Crippen molar-refractivity contribution in [2.75, 3.05) is 0 Å². The second-order valence-electron chi connectivity index (χ2n) is 4.28. The van der Waals surface area contributed by atoms with Crippen LogP contribution in [0.5, 0.6) is 0 Å². The van der Waals surface area contributed by atoms with E-state index in [-0.39, 0.29) is 0 Å². The monoisotopic (exact) mass is 259 g/mol. The number of hydrogen-bond acceptors (Lipinski definition) is 1. The first kappa shape index (κ1) is 11.4. The van der Waals surface area contributed by atoms with E-state index in [0.29, 0.717) is 0 Å². The fourth-order valence-electron chi connectivity index (χ4n) is 2.24. The van der Waals surface area contributed by atoms with E-state index in [2.05, 4.69) is 39.4 Å². The molecule has 0 spiro atoms. The molecule has 0 aliphatic rings. The average Bonchev–Trinajstić information content (AvgIpc) is 2.96. The van der Waals surface area contributed by atoms with Gasteiger partial charge in [0.1, 0.15) is 5.82 Å². The molecule has 4 heteroatoms. The normalized spacial score (nSPS) is 11.2. The third-order valence-corrected chi connectivity index (χ3v) is 3.42. The predicted molar refractivity (Wildman–Crippen MR) is 74.0 cm³/mol. The van der Waals surface area contributed by atoms with Gasteiger partial charge in [0.15, 0.2) is 0 Å². The second-order valence-corrected chi connectivity index (χ2v) is 4.71. The Labute approximate surface area is 111 Å². The van der Waals surface area contributed by atoms with E-state index < -0.39 is 0 Å². The molecule has 0 unspecified atom stereocenters. The second kappa shape index (κ2) is 4.50. The van der Waals surface area contributed by atoms with Crippen LogP contribution in [-0.2, 0) is 13.1 Å². The van der Waals surface area contributed by atoms with Crippen molar-refractivity contribution in [3.63, 3.8) is 0 Å². The summed E-state index contributed by atoms with van der Waals surface area (Å²) in [5, 5.41) is 1.94. The summed E-state index contributed by atoms with van der Waals surface area (Å²) in [5.41, 5.74) is 1.19. The molecule has 0 aliphatic heterocycles. The minimum atomic E-state index is 0.773. The van der Waals surface area contributed by atoms with Crippen molar-refractivity contribution >= 4 is 22.5 Å². The molecule has 18 heavy (non-hydrogen) atoms. The molecule has 0 radical (unpaired) electrons. The highest BCUT2D eigenvalue weighted by molar-refractivity contribution is 6.31. The number of imidazole rings is 1. The fourth-order valence-corrected chi connectivity index (χ4v) is 2.42. The Bertz CT molecular complexity index is 681. The van der Waals surface area contributed by atoms with E-state index in [9.17, 15) is 0 Å². The largest absolute Gasteiger partial charge is 0.340 e. The van der Waals surface area contributed by atoms with Gasteiger partial charge in [-0.05, 0) is 31.2 Å². The lowest BCUT2D eigenvalue weighted by Crippen LogP contribution is -2.06. The lowest BCUT2D eigenvalue weighted by atomic mass is 10.2. The van der Waals surface area contributed by atoms with Gasteiger partial charge in [0.2, 0.25) is 0 Å². The van der Waals surface area contributed by atoms with Gasteiger partial charge in [-0.1, -0.05) is 11.6 Å². The third kappa shape index (κ3) is 1.91. The Morgan fingerprint density at radius 2 is 2.06 bits per heavy atom. The number of halogens is 1. The van der Waals surface area contributed by atoms with Crippen molar-refractivity contribution in [1.82, 2.24) is 14.1 Å². The van der Waals surface area contributed by atoms with E-state index in [0.717, 1.165) is 29.3 Å². The molecule has 2 heterocycles. The summed E-state index contributed by atoms with van der Waals surface area (Å²) in [6.45, 7) is 3.85. The topological polar surface area (TPSA) is 22.8 Å². The van der Waals surface area contributed by atoms with Crippen LogP contribution >= 0.6 is 11.6 Å². The molecule has 0 bridgehead atoms. The lowest BCUT2D eigenvalue weighted by molar-refractivity contribution is 0.662. The van der Waals surface area contributed by atoms with Crippen LogP contribution in [0, 0.1) is 0 Å². The maximum absolute atomic E-state index is 5.99. The van der Waals surface area contributed by atoms with Gasteiger partial charge in [0.05, 0.1) is 6.54 Å². The number of hydrogen-bond donors (Lipinski definition) is 0. The zero-order valence-electron chi connectivity index (χ0n) is 10.2. The van der Waals surface area contributed by atoms with Crippen LogP contribution in [0.25, 0.3) is 10.9 Å². The Kier molecular flexibility index (Phi) is 2.84. The van der Waals surface area contributed by atoms with Gasteiger partial charge in [-0.25, -0.2) is 4.98 Å². The lowest BCUT2D eigenvalue weighted by Gasteiger charge is -2.07. The molecule has 0 saturated heterocycles. The minimum Gasteiger partial charge on any atom is -0.340 e.